The van der Waals surface area contributed by atoms with Crippen molar-refractivity contribution in [3.8, 4) is 0 Å². The zero-order valence-corrected chi connectivity index (χ0v) is 12.9. The Morgan fingerprint density at radius 2 is 2.15 bits per heavy atom. The maximum atomic E-state index is 12.2. The number of Topliss-reactive ketones (excluding diaryl/α,β-unsaturated/α-hetero) is 1. The standard InChI is InChI=1S/C17H26O3/c1-11-12(6-7-15(19)20-3)17(11)10-8-13-14(18)5-4-9-16(13,17)2/h11-13H,4-10H2,1-3H3/t11?,12?,13?,16-,17-/m0/s1. The molecule has 0 radical (unpaired) electrons. The molecule has 3 rings (SSSR count). The lowest BCUT2D eigenvalue weighted by atomic mass is 9.62. The fraction of sp³-hybridized carbons (Fsp3) is 0.882. The van der Waals surface area contributed by atoms with Crippen molar-refractivity contribution in [1.82, 2.24) is 0 Å². The van der Waals surface area contributed by atoms with Gasteiger partial charge in [-0.1, -0.05) is 13.8 Å². The number of carbonyl (C=O) groups excluding carboxylic acids is 2. The monoisotopic (exact) mass is 278 g/mol. The summed E-state index contributed by atoms with van der Waals surface area (Å²) in [6, 6.07) is 0. The molecule has 3 fully saturated rings. The molecule has 0 aromatic heterocycles. The SMILES string of the molecule is COC(=O)CCC1C(C)[C@@]12CCC1C(=O)CCC[C@@]12C. The molecule has 0 aromatic carbocycles. The van der Waals surface area contributed by atoms with E-state index in [1.165, 1.54) is 20.0 Å². The third-order valence-electron chi connectivity index (χ3n) is 7.04. The van der Waals surface area contributed by atoms with Gasteiger partial charge in [-0.3, -0.25) is 9.59 Å². The van der Waals surface area contributed by atoms with Crippen LogP contribution in [0.3, 0.4) is 0 Å². The summed E-state index contributed by atoms with van der Waals surface area (Å²) in [6.45, 7) is 4.69. The second-order valence-corrected chi connectivity index (χ2v) is 7.38. The number of fused-ring (bicyclic) bond motifs is 2. The zero-order valence-electron chi connectivity index (χ0n) is 12.9. The number of carbonyl (C=O) groups is 2. The molecular formula is C17H26O3. The molecule has 0 saturated heterocycles. The molecule has 1 spiro atoms. The van der Waals surface area contributed by atoms with Crippen molar-refractivity contribution in [1.29, 1.82) is 0 Å². The first-order chi connectivity index (χ1) is 9.47. The summed E-state index contributed by atoms with van der Waals surface area (Å²) in [5.74, 6) is 1.97. The highest BCUT2D eigenvalue weighted by molar-refractivity contribution is 5.83. The van der Waals surface area contributed by atoms with Crippen LogP contribution in [0.2, 0.25) is 0 Å². The minimum absolute atomic E-state index is 0.0985. The number of ether oxygens (including phenoxy) is 1. The molecule has 3 aliphatic carbocycles. The van der Waals surface area contributed by atoms with E-state index < -0.39 is 0 Å². The molecule has 3 aliphatic rings. The van der Waals surface area contributed by atoms with Gasteiger partial charge in [0.05, 0.1) is 7.11 Å². The van der Waals surface area contributed by atoms with E-state index in [-0.39, 0.29) is 11.4 Å². The Kier molecular flexibility index (Phi) is 3.22. The van der Waals surface area contributed by atoms with Crippen molar-refractivity contribution in [2.75, 3.05) is 7.11 Å². The average Bonchev–Trinajstić information content (AvgIpc) is 2.85. The van der Waals surface area contributed by atoms with E-state index in [0.717, 1.165) is 25.7 Å². The molecule has 3 nitrogen and oxygen atoms in total. The lowest BCUT2D eigenvalue weighted by Crippen LogP contribution is -2.39. The first-order valence-electron chi connectivity index (χ1n) is 8.07. The minimum atomic E-state index is -0.0985. The van der Waals surface area contributed by atoms with Crippen LogP contribution in [0.5, 0.6) is 0 Å². The van der Waals surface area contributed by atoms with Crippen LogP contribution in [0.4, 0.5) is 0 Å². The summed E-state index contributed by atoms with van der Waals surface area (Å²) < 4.78 is 4.77. The van der Waals surface area contributed by atoms with Gasteiger partial charge < -0.3 is 4.74 Å². The van der Waals surface area contributed by atoms with Gasteiger partial charge in [-0.25, -0.2) is 0 Å². The summed E-state index contributed by atoms with van der Waals surface area (Å²) in [5.41, 5.74) is 0.532. The predicted octanol–water partition coefficient (Wildman–Crippen LogP) is 3.36. The van der Waals surface area contributed by atoms with E-state index in [1.54, 1.807) is 0 Å². The van der Waals surface area contributed by atoms with Crippen molar-refractivity contribution in [2.45, 2.75) is 58.8 Å². The van der Waals surface area contributed by atoms with Crippen LogP contribution in [0.15, 0.2) is 0 Å². The summed E-state index contributed by atoms with van der Waals surface area (Å²) in [5, 5.41) is 0. The Hall–Kier alpha value is -0.860. The van der Waals surface area contributed by atoms with Crippen LogP contribution in [0, 0.1) is 28.6 Å². The molecule has 0 aliphatic heterocycles. The van der Waals surface area contributed by atoms with E-state index >= 15 is 0 Å². The molecule has 0 heterocycles. The molecular weight excluding hydrogens is 252 g/mol. The summed E-state index contributed by atoms with van der Waals surface area (Å²) in [7, 11) is 1.46. The van der Waals surface area contributed by atoms with Gasteiger partial charge >= 0.3 is 5.97 Å². The molecule has 3 heteroatoms. The Bertz CT molecular complexity index is 444. The normalized spacial score (nSPS) is 46.4. The summed E-state index contributed by atoms with van der Waals surface area (Å²) >= 11 is 0. The zero-order chi connectivity index (χ0) is 14.5. The number of methoxy groups -OCH3 is 1. The molecule has 0 amide bonds. The van der Waals surface area contributed by atoms with Gasteiger partial charge in [0.25, 0.3) is 0 Å². The number of hydrogen-bond acceptors (Lipinski definition) is 3. The molecule has 3 unspecified atom stereocenters. The number of esters is 1. The maximum absolute atomic E-state index is 12.2. The molecule has 112 valence electrons. The van der Waals surface area contributed by atoms with E-state index in [9.17, 15) is 9.59 Å². The number of hydrogen-bond donors (Lipinski definition) is 0. The Labute approximate surface area is 121 Å². The van der Waals surface area contributed by atoms with Gasteiger partial charge in [0.15, 0.2) is 0 Å². The van der Waals surface area contributed by atoms with E-state index in [1.807, 2.05) is 0 Å². The lowest BCUT2D eigenvalue weighted by Gasteiger charge is -2.41. The molecule has 0 N–H and O–H groups in total. The topological polar surface area (TPSA) is 43.4 Å². The molecule has 0 aromatic rings. The van der Waals surface area contributed by atoms with Crippen LogP contribution >= 0.6 is 0 Å². The molecule has 3 saturated carbocycles. The number of ketones is 1. The largest absolute Gasteiger partial charge is 0.469 e. The van der Waals surface area contributed by atoms with E-state index in [0.29, 0.717) is 35.4 Å². The Morgan fingerprint density at radius 1 is 1.40 bits per heavy atom. The second kappa shape index (κ2) is 4.57. The predicted molar refractivity (Wildman–Crippen MR) is 76.0 cm³/mol. The van der Waals surface area contributed by atoms with Crippen LogP contribution in [-0.4, -0.2) is 18.9 Å². The van der Waals surface area contributed by atoms with Gasteiger partial charge in [-0.2, -0.15) is 0 Å². The van der Waals surface area contributed by atoms with Crippen molar-refractivity contribution in [2.24, 2.45) is 28.6 Å². The number of rotatable bonds is 3. The Morgan fingerprint density at radius 3 is 2.85 bits per heavy atom. The van der Waals surface area contributed by atoms with Gasteiger partial charge in [-0.05, 0) is 54.8 Å². The first-order valence-corrected chi connectivity index (χ1v) is 8.07. The maximum Gasteiger partial charge on any atom is 0.305 e. The highest BCUT2D eigenvalue weighted by atomic mass is 16.5. The summed E-state index contributed by atoms with van der Waals surface area (Å²) in [6.07, 6.45) is 6.78. The Balaban J connectivity index is 1.77. The van der Waals surface area contributed by atoms with E-state index in [2.05, 4.69) is 13.8 Å². The first kappa shape index (κ1) is 14.1. The van der Waals surface area contributed by atoms with E-state index in [4.69, 9.17) is 4.74 Å². The van der Waals surface area contributed by atoms with Crippen molar-refractivity contribution < 1.29 is 14.3 Å². The fourth-order valence-electron chi connectivity index (χ4n) is 6.00. The van der Waals surface area contributed by atoms with Crippen LogP contribution in [0.1, 0.15) is 58.8 Å². The van der Waals surface area contributed by atoms with Crippen LogP contribution in [-0.2, 0) is 14.3 Å². The average molecular weight is 278 g/mol. The van der Waals surface area contributed by atoms with Crippen molar-refractivity contribution >= 4 is 11.8 Å². The smallest absolute Gasteiger partial charge is 0.305 e. The van der Waals surface area contributed by atoms with Crippen LogP contribution < -0.4 is 0 Å². The van der Waals surface area contributed by atoms with Gasteiger partial charge in [0.1, 0.15) is 5.78 Å². The van der Waals surface area contributed by atoms with Crippen molar-refractivity contribution in [3.63, 3.8) is 0 Å². The lowest BCUT2D eigenvalue weighted by molar-refractivity contribution is -0.141. The highest BCUT2D eigenvalue weighted by Gasteiger charge is 2.74. The van der Waals surface area contributed by atoms with Gasteiger partial charge in [-0.15, -0.1) is 0 Å². The minimum Gasteiger partial charge on any atom is -0.469 e. The van der Waals surface area contributed by atoms with Gasteiger partial charge in [0, 0.05) is 18.8 Å². The molecule has 0 bridgehead atoms. The third kappa shape index (κ3) is 1.64. The van der Waals surface area contributed by atoms with Crippen molar-refractivity contribution in [3.05, 3.63) is 0 Å². The summed E-state index contributed by atoms with van der Waals surface area (Å²) in [4.78, 5) is 23.6. The van der Waals surface area contributed by atoms with Gasteiger partial charge in [0.2, 0.25) is 0 Å². The molecule has 5 atom stereocenters. The molecule has 20 heavy (non-hydrogen) atoms. The quantitative estimate of drug-likeness (QED) is 0.743. The van der Waals surface area contributed by atoms with Crippen LogP contribution in [0.25, 0.3) is 0 Å². The second-order valence-electron chi connectivity index (χ2n) is 7.38. The fourth-order valence-corrected chi connectivity index (χ4v) is 6.00. The third-order valence-corrected chi connectivity index (χ3v) is 7.04. The highest BCUT2D eigenvalue weighted by Crippen LogP contribution is 2.79.